The lowest BCUT2D eigenvalue weighted by atomic mass is 10.2. The second-order valence-electron chi connectivity index (χ2n) is 5.47. The van der Waals surface area contributed by atoms with Gasteiger partial charge in [0.05, 0.1) is 17.7 Å². The van der Waals surface area contributed by atoms with Gasteiger partial charge in [-0.05, 0) is 43.2 Å². The number of rotatable bonds is 5. The summed E-state index contributed by atoms with van der Waals surface area (Å²) in [6.45, 7) is 1.49. The lowest BCUT2D eigenvalue weighted by molar-refractivity contribution is 0.102. The van der Waals surface area contributed by atoms with Crippen LogP contribution in [0.15, 0.2) is 36.4 Å². The smallest absolute Gasteiger partial charge is 0.276 e. The number of aromatic nitrogens is 2. The minimum atomic E-state index is -0.372. The zero-order chi connectivity index (χ0) is 16.8. The highest BCUT2D eigenvalue weighted by Gasteiger charge is 2.15. The molecule has 0 spiro atoms. The molecule has 1 aromatic carbocycles. The number of hydrogen-bond donors (Lipinski definition) is 2. The number of anilines is 2. The molecule has 0 bridgehead atoms. The zero-order valence-corrected chi connectivity index (χ0v) is 13.0. The van der Waals surface area contributed by atoms with Crippen LogP contribution >= 0.6 is 0 Å². The van der Waals surface area contributed by atoms with Crippen LogP contribution in [0, 0.1) is 11.3 Å². The molecule has 1 aromatic heterocycles. The van der Waals surface area contributed by atoms with Crippen LogP contribution in [0.4, 0.5) is 11.5 Å². The Balaban J connectivity index is 1.57. The molecule has 7 nitrogen and oxygen atoms in total. The number of nitrogens with zero attached hydrogens (tertiary/aromatic N) is 3. The standard InChI is InChI=1S/C17H17N5O2/c18-10-12-3-1-4-13(9-12)20-17(23)15-6-7-16(22-21-15)19-11-14-5-2-8-24-14/h1,3-4,6-7,9,14H,2,5,8,11H2,(H,19,22)(H,20,23). The van der Waals surface area contributed by atoms with Crippen molar-refractivity contribution in [2.24, 2.45) is 0 Å². The van der Waals surface area contributed by atoms with Crippen LogP contribution < -0.4 is 10.6 Å². The fourth-order valence-corrected chi connectivity index (χ4v) is 2.43. The van der Waals surface area contributed by atoms with Gasteiger partial charge in [-0.25, -0.2) is 0 Å². The summed E-state index contributed by atoms with van der Waals surface area (Å²) in [5.41, 5.74) is 1.23. The highest BCUT2D eigenvalue weighted by molar-refractivity contribution is 6.02. The van der Waals surface area contributed by atoms with E-state index in [1.165, 1.54) is 0 Å². The Morgan fingerprint density at radius 1 is 1.33 bits per heavy atom. The van der Waals surface area contributed by atoms with Crippen LogP contribution in [0.5, 0.6) is 0 Å². The summed E-state index contributed by atoms with van der Waals surface area (Å²) < 4.78 is 5.52. The molecule has 0 aliphatic carbocycles. The Morgan fingerprint density at radius 2 is 2.25 bits per heavy atom. The number of nitrogens with one attached hydrogen (secondary N) is 2. The summed E-state index contributed by atoms with van der Waals surface area (Å²) in [7, 11) is 0. The minimum absolute atomic E-state index is 0.208. The molecule has 1 aliphatic heterocycles. The van der Waals surface area contributed by atoms with E-state index in [0.717, 1.165) is 19.4 Å². The van der Waals surface area contributed by atoms with Crippen molar-refractivity contribution in [2.75, 3.05) is 23.8 Å². The molecule has 3 rings (SSSR count). The Bertz CT molecular complexity index is 748. The van der Waals surface area contributed by atoms with Crippen LogP contribution in [0.25, 0.3) is 0 Å². The fraction of sp³-hybridized carbons (Fsp3) is 0.294. The van der Waals surface area contributed by atoms with Crippen molar-refractivity contribution in [3.63, 3.8) is 0 Å². The molecule has 0 radical (unpaired) electrons. The van der Waals surface area contributed by atoms with Gasteiger partial charge >= 0.3 is 0 Å². The van der Waals surface area contributed by atoms with Crippen molar-refractivity contribution in [3.8, 4) is 6.07 Å². The van der Waals surface area contributed by atoms with E-state index in [0.29, 0.717) is 23.6 Å². The summed E-state index contributed by atoms with van der Waals surface area (Å²) in [5, 5.41) is 22.7. The number of hydrogen-bond acceptors (Lipinski definition) is 6. The molecule has 2 heterocycles. The largest absolute Gasteiger partial charge is 0.376 e. The molecule has 1 amide bonds. The molecular formula is C17H17N5O2. The van der Waals surface area contributed by atoms with Gasteiger partial charge in [0.2, 0.25) is 0 Å². The molecule has 1 atom stereocenters. The van der Waals surface area contributed by atoms with Crippen LogP contribution in [0.1, 0.15) is 28.9 Å². The highest BCUT2D eigenvalue weighted by atomic mass is 16.5. The van der Waals surface area contributed by atoms with Crippen molar-refractivity contribution in [3.05, 3.63) is 47.7 Å². The fourth-order valence-electron chi connectivity index (χ4n) is 2.43. The minimum Gasteiger partial charge on any atom is -0.376 e. The monoisotopic (exact) mass is 323 g/mol. The Labute approximate surface area is 139 Å². The average molecular weight is 323 g/mol. The maximum absolute atomic E-state index is 12.2. The van der Waals surface area contributed by atoms with Crippen molar-refractivity contribution in [2.45, 2.75) is 18.9 Å². The SMILES string of the molecule is N#Cc1cccc(NC(=O)c2ccc(NCC3CCCO3)nn2)c1. The van der Waals surface area contributed by atoms with Gasteiger partial charge < -0.3 is 15.4 Å². The van der Waals surface area contributed by atoms with Gasteiger partial charge in [-0.2, -0.15) is 5.26 Å². The van der Waals surface area contributed by atoms with Crippen LogP contribution in [0.2, 0.25) is 0 Å². The molecule has 1 saturated heterocycles. The normalized spacial score (nSPS) is 16.4. The van der Waals surface area contributed by atoms with E-state index in [-0.39, 0.29) is 17.7 Å². The summed E-state index contributed by atoms with van der Waals surface area (Å²) in [4.78, 5) is 12.2. The average Bonchev–Trinajstić information content (AvgIpc) is 3.14. The molecule has 1 fully saturated rings. The van der Waals surface area contributed by atoms with Crippen LogP contribution in [-0.2, 0) is 4.74 Å². The number of ether oxygens (including phenoxy) is 1. The van der Waals surface area contributed by atoms with Gasteiger partial charge in [0, 0.05) is 18.8 Å². The summed E-state index contributed by atoms with van der Waals surface area (Å²) in [6, 6.07) is 12.0. The zero-order valence-electron chi connectivity index (χ0n) is 13.0. The van der Waals surface area contributed by atoms with E-state index in [1.54, 1.807) is 36.4 Å². The first-order valence-corrected chi connectivity index (χ1v) is 7.75. The molecule has 24 heavy (non-hydrogen) atoms. The molecule has 122 valence electrons. The van der Waals surface area contributed by atoms with Gasteiger partial charge in [0.15, 0.2) is 5.69 Å². The number of amides is 1. The molecule has 2 aromatic rings. The maximum Gasteiger partial charge on any atom is 0.276 e. The van der Waals surface area contributed by atoms with E-state index in [9.17, 15) is 4.79 Å². The number of carbonyl (C=O) groups excluding carboxylic acids is 1. The van der Waals surface area contributed by atoms with E-state index in [2.05, 4.69) is 20.8 Å². The van der Waals surface area contributed by atoms with Gasteiger partial charge in [-0.1, -0.05) is 6.07 Å². The topological polar surface area (TPSA) is 99.9 Å². The molecule has 1 unspecified atom stereocenters. The molecule has 7 heteroatoms. The quantitative estimate of drug-likeness (QED) is 0.875. The van der Waals surface area contributed by atoms with Crippen molar-refractivity contribution in [1.29, 1.82) is 5.26 Å². The predicted octanol–water partition coefficient (Wildman–Crippen LogP) is 2.19. The predicted molar refractivity (Wildman–Crippen MR) is 88.6 cm³/mol. The van der Waals surface area contributed by atoms with Gasteiger partial charge in [0.25, 0.3) is 5.91 Å². The first-order chi connectivity index (χ1) is 11.7. The second kappa shape index (κ2) is 7.53. The lowest BCUT2D eigenvalue weighted by Gasteiger charge is -2.11. The molecule has 2 N–H and O–H groups in total. The Hall–Kier alpha value is -2.98. The number of benzene rings is 1. The van der Waals surface area contributed by atoms with E-state index in [1.807, 2.05) is 6.07 Å². The summed E-state index contributed by atoms with van der Waals surface area (Å²) >= 11 is 0. The number of nitriles is 1. The van der Waals surface area contributed by atoms with Crippen LogP contribution in [0.3, 0.4) is 0 Å². The summed E-state index contributed by atoms with van der Waals surface area (Å²) in [5.74, 6) is 0.233. The van der Waals surface area contributed by atoms with Crippen molar-refractivity contribution >= 4 is 17.4 Å². The van der Waals surface area contributed by atoms with Gasteiger partial charge in [-0.3, -0.25) is 4.79 Å². The molecular weight excluding hydrogens is 306 g/mol. The van der Waals surface area contributed by atoms with Gasteiger partial charge in [0.1, 0.15) is 5.82 Å². The van der Waals surface area contributed by atoms with Gasteiger partial charge in [-0.15, -0.1) is 10.2 Å². The van der Waals surface area contributed by atoms with Crippen molar-refractivity contribution in [1.82, 2.24) is 10.2 Å². The lowest BCUT2D eigenvalue weighted by Crippen LogP contribution is -2.20. The second-order valence-corrected chi connectivity index (χ2v) is 5.47. The third-order valence-corrected chi connectivity index (χ3v) is 3.68. The van der Waals surface area contributed by atoms with Crippen LogP contribution in [-0.4, -0.2) is 35.4 Å². The van der Waals surface area contributed by atoms with E-state index < -0.39 is 0 Å². The maximum atomic E-state index is 12.2. The van der Waals surface area contributed by atoms with Crippen molar-refractivity contribution < 1.29 is 9.53 Å². The summed E-state index contributed by atoms with van der Waals surface area (Å²) in [6.07, 6.45) is 2.34. The third-order valence-electron chi connectivity index (χ3n) is 3.68. The Morgan fingerprint density at radius 3 is 2.96 bits per heavy atom. The van der Waals surface area contributed by atoms with E-state index >= 15 is 0 Å². The first-order valence-electron chi connectivity index (χ1n) is 7.75. The first kappa shape index (κ1) is 15.9. The highest BCUT2D eigenvalue weighted by Crippen LogP contribution is 2.13. The third kappa shape index (κ3) is 4.06. The molecule has 1 aliphatic rings. The number of carbonyl (C=O) groups is 1. The van der Waals surface area contributed by atoms with E-state index in [4.69, 9.17) is 10.00 Å². The Kier molecular flexibility index (Phi) is 4.99. The molecule has 0 saturated carbocycles.